The molecule has 72 valence electrons. The van der Waals surface area contributed by atoms with E-state index in [0.29, 0.717) is 5.56 Å². The fourth-order valence-corrected chi connectivity index (χ4v) is 1.24. The number of halogens is 3. The second kappa shape index (κ2) is 3.55. The minimum atomic E-state index is -0.499. The number of nitrogens with zero attached hydrogens (tertiary/aromatic N) is 2. The van der Waals surface area contributed by atoms with Crippen LogP contribution in [0, 0.1) is 5.82 Å². The number of benzene rings is 1. The molecule has 2 rings (SSSR count). The number of hydrogen-bond donors (Lipinski definition) is 0. The molecule has 0 atom stereocenters. The molecule has 0 bridgehead atoms. The Kier molecular flexibility index (Phi) is 2.39. The lowest BCUT2D eigenvalue weighted by atomic mass is 10.2. The maximum Gasteiger partial charge on any atom is 0.313 e. The zero-order valence-corrected chi connectivity index (χ0v) is 8.18. The van der Waals surface area contributed by atoms with Crippen LogP contribution in [-0.2, 0) is 0 Å². The van der Waals surface area contributed by atoms with Crippen molar-refractivity contribution in [3.63, 3.8) is 0 Å². The molecule has 0 aliphatic heterocycles. The third-order valence-corrected chi connectivity index (χ3v) is 2.01. The Hall–Kier alpha value is -1.13. The van der Waals surface area contributed by atoms with Gasteiger partial charge in [0.25, 0.3) is 0 Å². The zero-order valence-electron chi connectivity index (χ0n) is 6.67. The average molecular weight is 233 g/mol. The highest BCUT2D eigenvalue weighted by atomic mass is 35.5. The van der Waals surface area contributed by atoms with E-state index in [1.165, 1.54) is 18.2 Å². The van der Waals surface area contributed by atoms with Crippen LogP contribution in [0.25, 0.3) is 11.5 Å². The molecule has 0 spiro atoms. The van der Waals surface area contributed by atoms with E-state index in [1.807, 2.05) is 0 Å². The van der Waals surface area contributed by atoms with E-state index >= 15 is 0 Å². The van der Waals surface area contributed by atoms with Crippen LogP contribution in [0.15, 0.2) is 22.6 Å². The molecule has 2 aromatic rings. The summed E-state index contributed by atoms with van der Waals surface area (Å²) < 4.78 is 17.7. The van der Waals surface area contributed by atoms with Gasteiger partial charge in [-0.2, -0.15) is 0 Å². The van der Waals surface area contributed by atoms with Gasteiger partial charge in [-0.15, -0.1) is 5.10 Å². The van der Waals surface area contributed by atoms with Crippen LogP contribution in [0.2, 0.25) is 10.4 Å². The number of rotatable bonds is 1. The normalized spacial score (nSPS) is 10.5. The Bertz CT molecular complexity index is 472. The molecule has 0 saturated heterocycles. The Morgan fingerprint density at radius 1 is 1.21 bits per heavy atom. The molecule has 0 aliphatic carbocycles. The summed E-state index contributed by atoms with van der Waals surface area (Å²) in [5.74, 6) is -0.294. The Balaban J connectivity index is 2.47. The summed E-state index contributed by atoms with van der Waals surface area (Å²) in [6.45, 7) is 0. The van der Waals surface area contributed by atoms with E-state index in [9.17, 15) is 4.39 Å². The van der Waals surface area contributed by atoms with Gasteiger partial charge in [-0.05, 0) is 29.8 Å². The first-order chi connectivity index (χ1) is 6.66. The molecule has 1 aromatic carbocycles. The molecule has 1 heterocycles. The van der Waals surface area contributed by atoms with E-state index in [4.69, 9.17) is 27.6 Å². The molecule has 1 aromatic heterocycles. The molecule has 0 radical (unpaired) electrons. The van der Waals surface area contributed by atoms with Gasteiger partial charge in [-0.3, -0.25) is 0 Å². The van der Waals surface area contributed by atoms with Gasteiger partial charge >= 0.3 is 5.35 Å². The second-order valence-corrected chi connectivity index (χ2v) is 3.22. The predicted molar refractivity (Wildman–Crippen MR) is 49.7 cm³/mol. The SMILES string of the molecule is Fc1ccc(-c2nnc(Cl)o2)cc1Cl. The smallest absolute Gasteiger partial charge is 0.313 e. The van der Waals surface area contributed by atoms with Crippen LogP contribution >= 0.6 is 23.2 Å². The van der Waals surface area contributed by atoms with Gasteiger partial charge in [0.1, 0.15) is 5.82 Å². The van der Waals surface area contributed by atoms with Gasteiger partial charge in [-0.1, -0.05) is 16.7 Å². The predicted octanol–water partition coefficient (Wildman–Crippen LogP) is 3.18. The van der Waals surface area contributed by atoms with Crippen LogP contribution in [0.1, 0.15) is 0 Å². The van der Waals surface area contributed by atoms with E-state index in [-0.39, 0.29) is 16.3 Å². The molecule has 0 unspecified atom stereocenters. The highest BCUT2D eigenvalue weighted by Gasteiger charge is 2.08. The molecule has 6 heteroatoms. The number of aromatic nitrogens is 2. The van der Waals surface area contributed by atoms with Crippen molar-refractivity contribution in [2.75, 3.05) is 0 Å². The first kappa shape index (κ1) is 9.43. The molecule has 0 amide bonds. The lowest BCUT2D eigenvalue weighted by Crippen LogP contribution is -1.81. The minimum absolute atomic E-state index is 0.00294. The van der Waals surface area contributed by atoms with Gasteiger partial charge < -0.3 is 4.42 Å². The van der Waals surface area contributed by atoms with Gasteiger partial charge in [0.15, 0.2) is 0 Å². The fraction of sp³-hybridized carbons (Fsp3) is 0. The van der Waals surface area contributed by atoms with Crippen molar-refractivity contribution in [2.24, 2.45) is 0 Å². The van der Waals surface area contributed by atoms with Crippen molar-refractivity contribution < 1.29 is 8.81 Å². The Morgan fingerprint density at radius 3 is 2.57 bits per heavy atom. The van der Waals surface area contributed by atoms with Crippen molar-refractivity contribution >= 4 is 23.2 Å². The first-order valence-electron chi connectivity index (χ1n) is 3.61. The van der Waals surface area contributed by atoms with E-state index in [1.54, 1.807) is 0 Å². The maximum absolute atomic E-state index is 12.8. The molecule has 0 saturated carbocycles. The van der Waals surface area contributed by atoms with E-state index in [0.717, 1.165) is 0 Å². The highest BCUT2D eigenvalue weighted by Crippen LogP contribution is 2.24. The Morgan fingerprint density at radius 2 is 2.00 bits per heavy atom. The van der Waals surface area contributed by atoms with Crippen LogP contribution in [0.5, 0.6) is 0 Å². The summed E-state index contributed by atoms with van der Waals surface area (Å²) in [7, 11) is 0. The monoisotopic (exact) mass is 232 g/mol. The van der Waals surface area contributed by atoms with E-state index < -0.39 is 5.82 Å². The van der Waals surface area contributed by atoms with E-state index in [2.05, 4.69) is 10.2 Å². The Labute approximate surface area is 88.5 Å². The quantitative estimate of drug-likeness (QED) is 0.759. The first-order valence-corrected chi connectivity index (χ1v) is 4.37. The van der Waals surface area contributed by atoms with Gasteiger partial charge in [0.2, 0.25) is 5.89 Å². The van der Waals surface area contributed by atoms with Gasteiger partial charge in [0.05, 0.1) is 5.02 Å². The van der Waals surface area contributed by atoms with Crippen LogP contribution in [-0.4, -0.2) is 10.2 Å². The lowest BCUT2D eigenvalue weighted by Gasteiger charge is -1.96. The van der Waals surface area contributed by atoms with Crippen molar-refractivity contribution in [1.82, 2.24) is 10.2 Å². The van der Waals surface area contributed by atoms with Crippen LogP contribution < -0.4 is 0 Å². The zero-order chi connectivity index (χ0) is 10.1. The van der Waals surface area contributed by atoms with Crippen LogP contribution in [0.3, 0.4) is 0 Å². The topological polar surface area (TPSA) is 38.9 Å². The van der Waals surface area contributed by atoms with Crippen molar-refractivity contribution in [3.05, 3.63) is 34.4 Å². The summed E-state index contributed by atoms with van der Waals surface area (Å²) in [5.41, 5.74) is 0.524. The molecule has 0 fully saturated rings. The highest BCUT2D eigenvalue weighted by molar-refractivity contribution is 6.31. The summed E-state index contributed by atoms with van der Waals surface area (Å²) >= 11 is 11.0. The summed E-state index contributed by atoms with van der Waals surface area (Å²) in [6.07, 6.45) is 0. The van der Waals surface area contributed by atoms with Crippen molar-refractivity contribution in [2.45, 2.75) is 0 Å². The van der Waals surface area contributed by atoms with Crippen LogP contribution in [0.4, 0.5) is 4.39 Å². The molecule has 0 aliphatic rings. The average Bonchev–Trinajstić information content (AvgIpc) is 2.57. The number of hydrogen-bond acceptors (Lipinski definition) is 3. The third-order valence-electron chi connectivity index (χ3n) is 1.57. The molecular formula is C8H3Cl2FN2O. The lowest BCUT2D eigenvalue weighted by molar-refractivity contribution is 0.570. The summed E-state index contributed by atoms with van der Waals surface area (Å²) in [5, 5.41) is 7.01. The van der Waals surface area contributed by atoms with Gasteiger partial charge in [0, 0.05) is 5.56 Å². The molecule has 3 nitrogen and oxygen atoms in total. The fourth-order valence-electron chi connectivity index (χ4n) is 0.951. The third kappa shape index (κ3) is 1.71. The summed E-state index contributed by atoms with van der Waals surface area (Å²) in [4.78, 5) is 0. The second-order valence-electron chi connectivity index (χ2n) is 2.49. The standard InChI is InChI=1S/C8H3Cl2FN2O/c9-5-3-4(1-2-6(5)11)7-12-13-8(10)14-7/h1-3H. The minimum Gasteiger partial charge on any atom is -0.407 e. The molecule has 0 N–H and O–H groups in total. The molecule has 14 heavy (non-hydrogen) atoms. The van der Waals surface area contributed by atoms with Crippen molar-refractivity contribution in [3.8, 4) is 11.5 Å². The maximum atomic E-state index is 12.8. The van der Waals surface area contributed by atoms with Crippen molar-refractivity contribution in [1.29, 1.82) is 0 Å². The summed E-state index contributed by atoms with van der Waals surface area (Å²) in [6, 6.07) is 4.08. The van der Waals surface area contributed by atoms with Gasteiger partial charge in [-0.25, -0.2) is 4.39 Å². The molecular weight excluding hydrogens is 230 g/mol. The largest absolute Gasteiger partial charge is 0.407 e.